The molecule has 35 heavy (non-hydrogen) atoms. The van der Waals surface area contributed by atoms with Crippen LogP contribution in [0.4, 0.5) is 0 Å². The first-order chi connectivity index (χ1) is 17.1. The van der Waals surface area contributed by atoms with Gasteiger partial charge in [-0.15, -0.1) is 11.3 Å². The van der Waals surface area contributed by atoms with Gasteiger partial charge in [0.2, 0.25) is 0 Å². The van der Waals surface area contributed by atoms with Gasteiger partial charge >= 0.3 is 0 Å². The van der Waals surface area contributed by atoms with E-state index in [1.807, 2.05) is 29.1 Å². The number of nitrogens with zero attached hydrogens (tertiary/aromatic N) is 4. The van der Waals surface area contributed by atoms with Gasteiger partial charge in [0.15, 0.2) is 5.13 Å². The van der Waals surface area contributed by atoms with Crippen molar-refractivity contribution in [1.29, 1.82) is 0 Å². The molecule has 2 atom stereocenters. The summed E-state index contributed by atoms with van der Waals surface area (Å²) in [7, 11) is 0. The van der Waals surface area contributed by atoms with Gasteiger partial charge in [0, 0.05) is 35.9 Å². The summed E-state index contributed by atoms with van der Waals surface area (Å²) >= 11 is 1.65. The molecule has 2 fully saturated rings. The van der Waals surface area contributed by atoms with E-state index in [0.717, 1.165) is 29.4 Å². The summed E-state index contributed by atoms with van der Waals surface area (Å²) in [5, 5.41) is 0.876. The van der Waals surface area contributed by atoms with E-state index in [1.54, 1.807) is 11.3 Å². The Balaban J connectivity index is 1.40. The Morgan fingerprint density at radius 1 is 1.03 bits per heavy atom. The van der Waals surface area contributed by atoms with Crippen molar-refractivity contribution in [1.82, 2.24) is 19.4 Å². The highest BCUT2D eigenvalue weighted by Gasteiger charge is 2.36. The first-order valence-electron chi connectivity index (χ1n) is 13.3. The van der Waals surface area contributed by atoms with Gasteiger partial charge in [-0.1, -0.05) is 36.8 Å². The molecule has 6 heteroatoms. The highest BCUT2D eigenvalue weighted by molar-refractivity contribution is 7.14. The summed E-state index contributed by atoms with van der Waals surface area (Å²) in [6.07, 6.45) is 12.2. The Bertz CT molecular complexity index is 1090. The molecule has 3 aromatic rings. The van der Waals surface area contributed by atoms with Crippen molar-refractivity contribution >= 4 is 17.2 Å². The van der Waals surface area contributed by atoms with Crippen molar-refractivity contribution in [2.75, 3.05) is 19.6 Å². The van der Waals surface area contributed by atoms with Crippen LogP contribution in [-0.2, 0) is 12.8 Å². The fraction of sp³-hybridized carbons (Fsp3) is 0.517. The Kier molecular flexibility index (Phi) is 7.69. The molecule has 2 aliphatic rings. The van der Waals surface area contributed by atoms with Crippen molar-refractivity contribution < 1.29 is 4.79 Å². The van der Waals surface area contributed by atoms with Crippen molar-refractivity contribution in [3.05, 3.63) is 71.0 Å². The number of piperidine rings is 2. The third kappa shape index (κ3) is 5.54. The van der Waals surface area contributed by atoms with Crippen LogP contribution in [0, 0.1) is 5.92 Å². The van der Waals surface area contributed by atoms with Gasteiger partial charge in [-0.3, -0.25) is 4.79 Å². The highest BCUT2D eigenvalue weighted by atomic mass is 32.1. The van der Waals surface area contributed by atoms with Crippen LogP contribution in [0.3, 0.4) is 0 Å². The zero-order chi connectivity index (χ0) is 24.2. The van der Waals surface area contributed by atoms with E-state index < -0.39 is 0 Å². The maximum Gasteiger partial charge on any atom is 0.273 e. The monoisotopic (exact) mass is 490 g/mol. The molecule has 0 spiro atoms. The second kappa shape index (κ2) is 11.1. The first kappa shape index (κ1) is 24.3. The molecule has 0 N–H and O–H groups in total. The first-order valence-corrected chi connectivity index (χ1v) is 14.1. The number of amides is 1. The van der Waals surface area contributed by atoms with Crippen LogP contribution in [0.15, 0.2) is 54.9 Å². The smallest absolute Gasteiger partial charge is 0.273 e. The van der Waals surface area contributed by atoms with Crippen LogP contribution in [-0.4, -0.2) is 57.0 Å². The minimum atomic E-state index is 0.102. The molecule has 1 aromatic carbocycles. The predicted octanol–water partition coefficient (Wildman–Crippen LogP) is 5.83. The molecule has 0 radical (unpaired) electrons. The molecule has 0 saturated carbocycles. The van der Waals surface area contributed by atoms with Crippen LogP contribution in [0.5, 0.6) is 0 Å². The SMILES string of the molecule is CC(C)N(CC1CCCN2CCCCC12)C(=O)c1nc(-n2cccc2)sc1CCc1ccccc1. The number of carbonyl (C=O) groups excluding carboxylic acids is 1. The number of carbonyl (C=O) groups is 1. The van der Waals surface area contributed by atoms with E-state index in [1.165, 1.54) is 50.8 Å². The third-order valence-corrected chi connectivity index (χ3v) is 8.87. The van der Waals surface area contributed by atoms with Crippen molar-refractivity contribution in [2.45, 2.75) is 70.9 Å². The highest BCUT2D eigenvalue weighted by Crippen LogP contribution is 2.33. The van der Waals surface area contributed by atoms with E-state index in [9.17, 15) is 4.79 Å². The summed E-state index contributed by atoms with van der Waals surface area (Å²) in [6, 6.07) is 15.3. The summed E-state index contributed by atoms with van der Waals surface area (Å²) in [4.78, 5) is 24.9. The van der Waals surface area contributed by atoms with Crippen LogP contribution < -0.4 is 0 Å². The molecular formula is C29H38N4OS. The van der Waals surface area contributed by atoms with Crippen LogP contribution in [0.25, 0.3) is 5.13 Å². The Morgan fingerprint density at radius 3 is 2.57 bits per heavy atom. The number of fused-ring (bicyclic) bond motifs is 1. The van der Waals surface area contributed by atoms with Gasteiger partial charge < -0.3 is 14.4 Å². The zero-order valence-electron chi connectivity index (χ0n) is 21.1. The molecule has 5 nitrogen and oxygen atoms in total. The molecule has 0 bridgehead atoms. The van der Waals surface area contributed by atoms with Gasteiger partial charge in [0.25, 0.3) is 5.91 Å². The molecule has 2 aliphatic heterocycles. The van der Waals surface area contributed by atoms with Crippen LogP contribution in [0.2, 0.25) is 0 Å². The Hall–Kier alpha value is -2.44. The standard InChI is InChI=1S/C29H38N4OS/c1-22(2)33(21-24-13-10-20-31-17-7-6-14-25(24)31)28(34)27-26(16-15-23-11-4-3-5-12-23)35-29(30-27)32-18-8-9-19-32/h3-5,8-9,11-12,18-19,22,24-25H,6-7,10,13-17,20-21H2,1-2H3. The molecule has 2 aromatic heterocycles. The Labute approximate surface area is 213 Å². The molecule has 2 saturated heterocycles. The zero-order valence-corrected chi connectivity index (χ0v) is 21.9. The third-order valence-electron chi connectivity index (χ3n) is 7.74. The molecule has 186 valence electrons. The molecule has 2 unspecified atom stereocenters. The minimum Gasteiger partial charge on any atom is -0.335 e. The van der Waals surface area contributed by atoms with E-state index in [4.69, 9.17) is 4.98 Å². The number of rotatable bonds is 8. The van der Waals surface area contributed by atoms with E-state index in [0.29, 0.717) is 17.7 Å². The Morgan fingerprint density at radius 2 is 1.80 bits per heavy atom. The van der Waals surface area contributed by atoms with Gasteiger partial charge in [0.05, 0.1) is 0 Å². The lowest BCUT2D eigenvalue weighted by atomic mass is 9.83. The van der Waals surface area contributed by atoms with Crippen molar-refractivity contribution in [2.24, 2.45) is 5.92 Å². The number of hydrogen-bond donors (Lipinski definition) is 0. The second-order valence-electron chi connectivity index (χ2n) is 10.4. The largest absolute Gasteiger partial charge is 0.335 e. The molecular weight excluding hydrogens is 452 g/mol. The van der Waals surface area contributed by atoms with E-state index in [2.05, 4.69) is 54.0 Å². The summed E-state index contributed by atoms with van der Waals surface area (Å²) in [5.74, 6) is 0.663. The number of thiazole rings is 1. The number of hydrogen-bond acceptors (Lipinski definition) is 4. The van der Waals surface area contributed by atoms with Crippen LogP contribution >= 0.6 is 11.3 Å². The van der Waals surface area contributed by atoms with Crippen LogP contribution in [0.1, 0.15) is 66.9 Å². The van der Waals surface area contributed by atoms with E-state index in [-0.39, 0.29) is 11.9 Å². The predicted molar refractivity (Wildman–Crippen MR) is 143 cm³/mol. The number of aryl methyl sites for hydroxylation is 2. The molecule has 0 aliphatic carbocycles. The average Bonchev–Trinajstić information content (AvgIpc) is 3.56. The lowest BCUT2D eigenvalue weighted by Gasteiger charge is -2.46. The molecule has 1 amide bonds. The average molecular weight is 491 g/mol. The lowest BCUT2D eigenvalue weighted by molar-refractivity contribution is 0.0306. The van der Waals surface area contributed by atoms with Gasteiger partial charge in [-0.05, 0) is 89.1 Å². The lowest BCUT2D eigenvalue weighted by Crippen LogP contribution is -2.52. The maximum absolute atomic E-state index is 14.1. The summed E-state index contributed by atoms with van der Waals surface area (Å²) < 4.78 is 2.02. The quantitative estimate of drug-likeness (QED) is 0.399. The normalized spacial score (nSPS) is 20.7. The number of benzene rings is 1. The van der Waals surface area contributed by atoms with Gasteiger partial charge in [-0.25, -0.2) is 4.98 Å². The summed E-state index contributed by atoms with van der Waals surface area (Å²) in [6.45, 7) is 7.61. The fourth-order valence-corrected chi connectivity index (χ4v) is 6.88. The van der Waals surface area contributed by atoms with E-state index >= 15 is 0 Å². The fourth-order valence-electron chi connectivity index (χ4n) is 5.86. The van der Waals surface area contributed by atoms with Crippen molar-refractivity contribution in [3.63, 3.8) is 0 Å². The van der Waals surface area contributed by atoms with Crippen molar-refractivity contribution in [3.8, 4) is 5.13 Å². The van der Waals surface area contributed by atoms with Gasteiger partial charge in [-0.2, -0.15) is 0 Å². The molecule has 4 heterocycles. The topological polar surface area (TPSA) is 41.4 Å². The molecule has 5 rings (SSSR count). The summed E-state index contributed by atoms with van der Waals surface area (Å²) in [5.41, 5.74) is 1.95. The second-order valence-corrected chi connectivity index (χ2v) is 11.5. The maximum atomic E-state index is 14.1. The van der Waals surface area contributed by atoms with Gasteiger partial charge in [0.1, 0.15) is 5.69 Å². The minimum absolute atomic E-state index is 0.102. The number of aromatic nitrogens is 2.